The van der Waals surface area contributed by atoms with Crippen LogP contribution in [0.25, 0.3) is 0 Å². The fourth-order valence-electron chi connectivity index (χ4n) is 3.03. The monoisotopic (exact) mass is 261 g/mol. The lowest BCUT2D eigenvalue weighted by Gasteiger charge is -2.44. The van der Waals surface area contributed by atoms with Gasteiger partial charge >= 0.3 is 0 Å². The van der Waals surface area contributed by atoms with Crippen LogP contribution >= 0.6 is 0 Å². The molecule has 1 aliphatic carbocycles. The van der Waals surface area contributed by atoms with Crippen molar-refractivity contribution in [2.75, 3.05) is 12.3 Å². The largest absolute Gasteiger partial charge is 0.312 e. The molecule has 17 heavy (non-hydrogen) atoms. The number of sulfone groups is 1. The zero-order valence-corrected chi connectivity index (χ0v) is 12.4. The standard InChI is InChI=1S/C13H27NO2S/c1-5-10-17(15,16)11-8-7-9-13(3,4)12(11)14-6-2/h11-12,14H,5-10H2,1-4H3. The molecule has 2 unspecified atom stereocenters. The Morgan fingerprint density at radius 2 is 1.94 bits per heavy atom. The van der Waals surface area contributed by atoms with E-state index in [0.29, 0.717) is 5.75 Å². The first-order valence-electron chi connectivity index (χ1n) is 6.80. The average Bonchev–Trinajstić information content (AvgIpc) is 2.20. The summed E-state index contributed by atoms with van der Waals surface area (Å²) in [7, 11) is -2.94. The number of hydrogen-bond donors (Lipinski definition) is 1. The van der Waals surface area contributed by atoms with Crippen molar-refractivity contribution in [3.63, 3.8) is 0 Å². The quantitative estimate of drug-likeness (QED) is 0.826. The molecule has 0 aromatic heterocycles. The van der Waals surface area contributed by atoms with Gasteiger partial charge < -0.3 is 5.32 Å². The van der Waals surface area contributed by atoms with Gasteiger partial charge in [0.15, 0.2) is 9.84 Å². The lowest BCUT2D eigenvalue weighted by atomic mass is 9.73. The second-order valence-electron chi connectivity index (χ2n) is 5.82. The molecule has 0 saturated heterocycles. The van der Waals surface area contributed by atoms with Crippen molar-refractivity contribution in [3.8, 4) is 0 Å². The van der Waals surface area contributed by atoms with Crippen LogP contribution in [0.1, 0.15) is 53.4 Å². The van der Waals surface area contributed by atoms with E-state index in [-0.39, 0.29) is 16.7 Å². The maximum Gasteiger partial charge on any atom is 0.154 e. The molecule has 1 saturated carbocycles. The predicted octanol–water partition coefficient (Wildman–Crippen LogP) is 2.37. The van der Waals surface area contributed by atoms with Gasteiger partial charge in [0.25, 0.3) is 0 Å². The van der Waals surface area contributed by atoms with Gasteiger partial charge in [-0.3, -0.25) is 0 Å². The molecule has 0 bridgehead atoms. The third-order valence-corrected chi connectivity index (χ3v) is 6.31. The molecule has 0 aliphatic heterocycles. The van der Waals surface area contributed by atoms with E-state index in [9.17, 15) is 8.42 Å². The van der Waals surface area contributed by atoms with Crippen LogP contribution in [-0.2, 0) is 9.84 Å². The van der Waals surface area contributed by atoms with E-state index in [1.54, 1.807) is 0 Å². The van der Waals surface area contributed by atoms with Gasteiger partial charge in [0.2, 0.25) is 0 Å². The molecular formula is C13H27NO2S. The summed E-state index contributed by atoms with van der Waals surface area (Å²) in [6, 6.07) is 0.109. The van der Waals surface area contributed by atoms with Crippen LogP contribution < -0.4 is 5.32 Å². The van der Waals surface area contributed by atoms with Crippen LogP contribution in [-0.4, -0.2) is 32.0 Å². The molecule has 4 heteroatoms. The maximum absolute atomic E-state index is 12.3. The molecule has 0 spiro atoms. The molecule has 0 aromatic rings. The third kappa shape index (κ3) is 3.44. The van der Waals surface area contributed by atoms with Crippen LogP contribution in [0.4, 0.5) is 0 Å². The molecule has 1 N–H and O–H groups in total. The van der Waals surface area contributed by atoms with Gasteiger partial charge in [0.1, 0.15) is 0 Å². The van der Waals surface area contributed by atoms with Crippen molar-refractivity contribution < 1.29 is 8.42 Å². The van der Waals surface area contributed by atoms with E-state index in [2.05, 4.69) is 19.2 Å². The fourth-order valence-corrected chi connectivity index (χ4v) is 5.31. The summed E-state index contributed by atoms with van der Waals surface area (Å²) in [5, 5.41) is 3.22. The molecular weight excluding hydrogens is 234 g/mol. The van der Waals surface area contributed by atoms with E-state index < -0.39 is 9.84 Å². The Balaban J connectivity index is 2.95. The van der Waals surface area contributed by atoms with Gasteiger partial charge in [-0.1, -0.05) is 34.1 Å². The minimum Gasteiger partial charge on any atom is -0.312 e. The van der Waals surface area contributed by atoms with Crippen LogP contribution in [0.5, 0.6) is 0 Å². The summed E-state index contributed by atoms with van der Waals surface area (Å²) in [5.41, 5.74) is 0.0831. The van der Waals surface area contributed by atoms with E-state index in [1.807, 2.05) is 13.8 Å². The predicted molar refractivity (Wildman–Crippen MR) is 73.0 cm³/mol. The number of rotatable bonds is 5. The van der Waals surface area contributed by atoms with E-state index in [1.165, 1.54) is 0 Å². The Kier molecular flexibility index (Phi) is 5.02. The lowest BCUT2D eigenvalue weighted by Crippen LogP contribution is -2.55. The molecule has 1 aliphatic rings. The summed E-state index contributed by atoms with van der Waals surface area (Å²) < 4.78 is 24.6. The van der Waals surface area contributed by atoms with Crippen molar-refractivity contribution in [3.05, 3.63) is 0 Å². The van der Waals surface area contributed by atoms with E-state index in [0.717, 1.165) is 32.2 Å². The summed E-state index contributed by atoms with van der Waals surface area (Å²) in [6.07, 6.45) is 3.69. The van der Waals surface area contributed by atoms with Gasteiger partial charge in [-0.2, -0.15) is 0 Å². The fraction of sp³-hybridized carbons (Fsp3) is 1.00. The van der Waals surface area contributed by atoms with Gasteiger partial charge in [-0.15, -0.1) is 0 Å². The molecule has 3 nitrogen and oxygen atoms in total. The van der Waals surface area contributed by atoms with Crippen LogP contribution in [0.2, 0.25) is 0 Å². The highest BCUT2D eigenvalue weighted by atomic mass is 32.2. The molecule has 0 aromatic carbocycles. The van der Waals surface area contributed by atoms with Gasteiger partial charge in [0.05, 0.1) is 11.0 Å². The molecule has 0 heterocycles. The van der Waals surface area contributed by atoms with Crippen LogP contribution in [0.3, 0.4) is 0 Å². The average molecular weight is 261 g/mol. The molecule has 0 radical (unpaired) electrons. The van der Waals surface area contributed by atoms with Gasteiger partial charge in [-0.05, 0) is 31.2 Å². The van der Waals surface area contributed by atoms with Crippen molar-refractivity contribution in [1.82, 2.24) is 5.32 Å². The van der Waals surface area contributed by atoms with Crippen molar-refractivity contribution >= 4 is 9.84 Å². The van der Waals surface area contributed by atoms with Crippen molar-refractivity contribution in [2.45, 2.75) is 64.7 Å². The van der Waals surface area contributed by atoms with E-state index in [4.69, 9.17) is 0 Å². The first-order valence-corrected chi connectivity index (χ1v) is 8.51. The number of nitrogens with one attached hydrogen (secondary N) is 1. The lowest BCUT2D eigenvalue weighted by molar-refractivity contribution is 0.172. The Labute approximate surface area is 106 Å². The molecule has 0 amide bonds. The number of hydrogen-bond acceptors (Lipinski definition) is 3. The second kappa shape index (κ2) is 5.70. The minimum atomic E-state index is -2.94. The molecule has 2 atom stereocenters. The van der Waals surface area contributed by atoms with Crippen LogP contribution in [0, 0.1) is 5.41 Å². The summed E-state index contributed by atoms with van der Waals surface area (Å²) in [5.74, 6) is 0.329. The smallest absolute Gasteiger partial charge is 0.154 e. The van der Waals surface area contributed by atoms with Crippen LogP contribution in [0.15, 0.2) is 0 Å². The van der Waals surface area contributed by atoms with Crippen molar-refractivity contribution in [1.29, 1.82) is 0 Å². The Morgan fingerprint density at radius 3 is 2.47 bits per heavy atom. The highest BCUT2D eigenvalue weighted by Gasteiger charge is 2.43. The zero-order chi connectivity index (χ0) is 13.1. The SMILES string of the molecule is CCCS(=O)(=O)C1CCCC(C)(C)C1NCC. The molecule has 1 rings (SSSR count). The molecule has 1 fully saturated rings. The summed E-state index contributed by atoms with van der Waals surface area (Å²) in [6.45, 7) is 9.20. The minimum absolute atomic E-state index is 0.0831. The topological polar surface area (TPSA) is 46.2 Å². The zero-order valence-electron chi connectivity index (χ0n) is 11.6. The third-order valence-electron chi connectivity index (χ3n) is 3.90. The summed E-state index contributed by atoms with van der Waals surface area (Å²) >= 11 is 0. The normalized spacial score (nSPS) is 29.2. The van der Waals surface area contributed by atoms with Gasteiger partial charge in [0, 0.05) is 6.04 Å². The Hall–Kier alpha value is -0.0900. The maximum atomic E-state index is 12.3. The highest BCUT2D eigenvalue weighted by molar-refractivity contribution is 7.92. The first-order chi connectivity index (χ1) is 7.85. The van der Waals surface area contributed by atoms with Crippen molar-refractivity contribution in [2.24, 2.45) is 5.41 Å². The van der Waals surface area contributed by atoms with E-state index >= 15 is 0 Å². The summed E-state index contributed by atoms with van der Waals surface area (Å²) in [4.78, 5) is 0. The first kappa shape index (κ1) is 15.0. The molecule has 102 valence electrons. The Bertz CT molecular complexity index is 335. The second-order valence-corrected chi connectivity index (χ2v) is 8.16. The van der Waals surface area contributed by atoms with Gasteiger partial charge in [-0.25, -0.2) is 8.42 Å². The Morgan fingerprint density at radius 1 is 1.29 bits per heavy atom. The highest BCUT2D eigenvalue weighted by Crippen LogP contribution is 2.38.